The molecule has 0 amide bonds. The van der Waals surface area contributed by atoms with Crippen molar-refractivity contribution in [2.75, 3.05) is 0 Å². The second kappa shape index (κ2) is 9.32. The molecule has 0 radical (unpaired) electrons. The van der Waals surface area contributed by atoms with Crippen LogP contribution in [-0.4, -0.2) is 43.8 Å². The zero-order valence-corrected chi connectivity index (χ0v) is 15.9. The van der Waals surface area contributed by atoms with Gasteiger partial charge >= 0.3 is 11.9 Å². The van der Waals surface area contributed by atoms with Gasteiger partial charge in [-0.2, -0.15) is 0 Å². The minimum absolute atomic E-state index is 0.139. The number of nitrogens with zero attached hydrogens (tertiary/aromatic N) is 2. The van der Waals surface area contributed by atoms with Gasteiger partial charge < -0.3 is 14.8 Å². The van der Waals surface area contributed by atoms with Gasteiger partial charge in [-0.25, -0.2) is 4.98 Å². The lowest BCUT2D eigenvalue weighted by molar-refractivity contribution is -0.142. The molecule has 1 aromatic heterocycles. The fourth-order valence-electron chi connectivity index (χ4n) is 2.93. The van der Waals surface area contributed by atoms with Crippen LogP contribution in [0.1, 0.15) is 37.1 Å². The Labute approximate surface area is 159 Å². The molecule has 146 valence electrons. The molecule has 7 heteroatoms. The molecule has 2 rings (SSSR count). The predicted octanol–water partition coefficient (Wildman–Crippen LogP) is 2.32. The van der Waals surface area contributed by atoms with E-state index in [0.29, 0.717) is 13.0 Å². The Hall–Kier alpha value is -2.67. The van der Waals surface area contributed by atoms with Crippen LogP contribution in [0.4, 0.5) is 0 Å². The summed E-state index contributed by atoms with van der Waals surface area (Å²) in [6.45, 7) is 6.41. The normalized spacial score (nSPS) is 13.5. The van der Waals surface area contributed by atoms with Gasteiger partial charge in [0.2, 0.25) is 0 Å². The van der Waals surface area contributed by atoms with Crippen LogP contribution < -0.4 is 5.32 Å². The Morgan fingerprint density at radius 1 is 1.11 bits per heavy atom. The fourth-order valence-corrected chi connectivity index (χ4v) is 2.93. The molecule has 1 aromatic carbocycles. The summed E-state index contributed by atoms with van der Waals surface area (Å²) in [6, 6.07) is 6.19. The smallest absolute Gasteiger partial charge is 0.321 e. The minimum atomic E-state index is -1.08. The van der Waals surface area contributed by atoms with Crippen LogP contribution in [0.15, 0.2) is 36.8 Å². The van der Waals surface area contributed by atoms with Crippen molar-refractivity contribution >= 4 is 11.9 Å². The standard InChI is InChI=1S/C20H27N3O4/c1-13(2)8-17(19(24)25)22-18(20(26)27)9-16-10-21-12-23(16)11-15-6-4-14(3)5-7-15/h4-7,10,12-13,17-18,22H,8-9,11H2,1-3H3,(H,24,25)(H,26,27)/t17?,18-/m0/s1. The van der Waals surface area contributed by atoms with Crippen molar-refractivity contribution in [3.8, 4) is 0 Å². The van der Waals surface area contributed by atoms with Gasteiger partial charge in [-0.3, -0.25) is 14.9 Å². The molecule has 27 heavy (non-hydrogen) atoms. The van der Waals surface area contributed by atoms with Crippen LogP contribution in [-0.2, 0) is 22.6 Å². The number of nitrogens with one attached hydrogen (secondary N) is 1. The zero-order chi connectivity index (χ0) is 20.0. The molecule has 0 aliphatic heterocycles. The summed E-state index contributed by atoms with van der Waals surface area (Å²) >= 11 is 0. The Bertz CT molecular complexity index is 768. The van der Waals surface area contributed by atoms with Gasteiger partial charge in [-0.15, -0.1) is 0 Å². The van der Waals surface area contributed by atoms with E-state index < -0.39 is 24.0 Å². The first-order valence-electron chi connectivity index (χ1n) is 9.02. The molecular weight excluding hydrogens is 346 g/mol. The average molecular weight is 373 g/mol. The second-order valence-corrected chi connectivity index (χ2v) is 7.28. The zero-order valence-electron chi connectivity index (χ0n) is 15.9. The second-order valence-electron chi connectivity index (χ2n) is 7.28. The highest BCUT2D eigenvalue weighted by Crippen LogP contribution is 2.12. The summed E-state index contributed by atoms with van der Waals surface area (Å²) in [4.78, 5) is 27.3. The van der Waals surface area contributed by atoms with E-state index in [1.807, 2.05) is 49.6 Å². The van der Waals surface area contributed by atoms with Crippen molar-refractivity contribution < 1.29 is 19.8 Å². The Kier molecular flexibility index (Phi) is 7.12. The van der Waals surface area contributed by atoms with E-state index in [-0.39, 0.29) is 12.3 Å². The van der Waals surface area contributed by atoms with Crippen LogP contribution in [0.25, 0.3) is 0 Å². The van der Waals surface area contributed by atoms with E-state index in [9.17, 15) is 19.8 Å². The summed E-state index contributed by atoms with van der Waals surface area (Å²) in [7, 11) is 0. The maximum atomic E-state index is 11.7. The lowest BCUT2D eigenvalue weighted by Crippen LogP contribution is -2.49. The molecule has 3 N–H and O–H groups in total. The van der Waals surface area contributed by atoms with Crippen molar-refractivity contribution in [1.29, 1.82) is 0 Å². The van der Waals surface area contributed by atoms with Crippen molar-refractivity contribution in [1.82, 2.24) is 14.9 Å². The van der Waals surface area contributed by atoms with Crippen LogP contribution in [0, 0.1) is 12.8 Å². The maximum Gasteiger partial charge on any atom is 0.321 e. The third kappa shape index (κ3) is 6.21. The third-order valence-corrected chi connectivity index (χ3v) is 4.39. The highest BCUT2D eigenvalue weighted by molar-refractivity contribution is 5.77. The van der Waals surface area contributed by atoms with Gasteiger partial charge in [0.15, 0.2) is 0 Å². The molecule has 1 unspecified atom stereocenters. The van der Waals surface area contributed by atoms with Crippen molar-refractivity contribution in [3.63, 3.8) is 0 Å². The van der Waals surface area contributed by atoms with E-state index >= 15 is 0 Å². The van der Waals surface area contributed by atoms with Gasteiger partial charge in [0.05, 0.1) is 6.33 Å². The molecular formula is C20H27N3O4. The van der Waals surface area contributed by atoms with Crippen molar-refractivity contribution in [3.05, 3.63) is 53.6 Å². The van der Waals surface area contributed by atoms with Gasteiger partial charge in [0.25, 0.3) is 0 Å². The Balaban J connectivity index is 2.12. The van der Waals surface area contributed by atoms with Crippen LogP contribution in [0.2, 0.25) is 0 Å². The van der Waals surface area contributed by atoms with E-state index in [0.717, 1.165) is 11.3 Å². The quantitative estimate of drug-likeness (QED) is 0.590. The molecule has 0 saturated heterocycles. The number of benzene rings is 1. The first-order chi connectivity index (χ1) is 12.8. The predicted molar refractivity (Wildman–Crippen MR) is 102 cm³/mol. The van der Waals surface area contributed by atoms with E-state index in [1.165, 1.54) is 5.56 Å². The van der Waals surface area contributed by atoms with Crippen molar-refractivity contribution in [2.45, 2.75) is 52.2 Å². The number of aliphatic carboxylic acids is 2. The van der Waals surface area contributed by atoms with Gasteiger partial charge in [-0.1, -0.05) is 43.7 Å². The number of hydrogen-bond donors (Lipinski definition) is 3. The van der Waals surface area contributed by atoms with E-state index in [4.69, 9.17) is 0 Å². The summed E-state index contributed by atoms with van der Waals surface area (Å²) < 4.78 is 1.89. The monoisotopic (exact) mass is 373 g/mol. The van der Waals surface area contributed by atoms with Crippen LogP contribution >= 0.6 is 0 Å². The van der Waals surface area contributed by atoms with Crippen LogP contribution in [0.3, 0.4) is 0 Å². The molecule has 2 aromatic rings. The molecule has 0 fully saturated rings. The maximum absolute atomic E-state index is 11.7. The highest BCUT2D eigenvalue weighted by atomic mass is 16.4. The number of imidazole rings is 1. The summed E-state index contributed by atoms with van der Waals surface area (Å²) in [6.07, 6.45) is 3.81. The summed E-state index contributed by atoms with van der Waals surface area (Å²) in [5, 5.41) is 21.7. The SMILES string of the molecule is Cc1ccc(Cn2cncc2C[C@H](NC(CC(C)C)C(=O)O)C(=O)O)cc1. The molecule has 0 saturated carbocycles. The molecule has 2 atom stereocenters. The Morgan fingerprint density at radius 2 is 1.74 bits per heavy atom. The minimum Gasteiger partial charge on any atom is -0.480 e. The topological polar surface area (TPSA) is 104 Å². The number of carboxylic acids is 2. The summed E-state index contributed by atoms with van der Waals surface area (Å²) in [5.74, 6) is -1.98. The summed E-state index contributed by atoms with van der Waals surface area (Å²) in [5.41, 5.74) is 3.00. The van der Waals surface area contributed by atoms with Crippen molar-refractivity contribution in [2.24, 2.45) is 5.92 Å². The fraction of sp³-hybridized carbons (Fsp3) is 0.450. The lowest BCUT2D eigenvalue weighted by Gasteiger charge is -2.22. The first-order valence-corrected chi connectivity index (χ1v) is 9.02. The molecule has 1 heterocycles. The molecule has 7 nitrogen and oxygen atoms in total. The number of carbonyl (C=O) groups is 2. The number of aromatic nitrogens is 2. The Morgan fingerprint density at radius 3 is 2.30 bits per heavy atom. The number of aryl methyl sites for hydroxylation is 1. The molecule has 0 spiro atoms. The molecule has 0 bridgehead atoms. The lowest BCUT2D eigenvalue weighted by atomic mass is 10.0. The third-order valence-electron chi connectivity index (χ3n) is 4.39. The largest absolute Gasteiger partial charge is 0.480 e. The van der Waals surface area contributed by atoms with Gasteiger partial charge in [0, 0.05) is 24.9 Å². The average Bonchev–Trinajstić information content (AvgIpc) is 3.01. The van der Waals surface area contributed by atoms with Gasteiger partial charge in [-0.05, 0) is 24.8 Å². The van der Waals surface area contributed by atoms with E-state index in [1.54, 1.807) is 12.5 Å². The van der Waals surface area contributed by atoms with Crippen LogP contribution in [0.5, 0.6) is 0 Å². The molecule has 0 aliphatic rings. The van der Waals surface area contributed by atoms with Gasteiger partial charge in [0.1, 0.15) is 12.1 Å². The first kappa shape index (κ1) is 20.6. The number of hydrogen-bond acceptors (Lipinski definition) is 4. The molecule has 0 aliphatic carbocycles. The number of carboxylic acid groups (broad SMARTS) is 2. The highest BCUT2D eigenvalue weighted by Gasteiger charge is 2.27. The van der Waals surface area contributed by atoms with E-state index in [2.05, 4.69) is 10.3 Å². The number of rotatable bonds is 10.